The van der Waals surface area contributed by atoms with E-state index in [1.807, 2.05) is 34.9 Å². The predicted octanol–water partition coefficient (Wildman–Crippen LogP) is 2.36. The molecule has 0 bridgehead atoms. The second-order valence-electron chi connectivity index (χ2n) is 6.19. The smallest absolute Gasteiger partial charge is 0.258 e. The standard InChI is InChI=1S/C19H21N3O4S3/c1-26-10-9-22-16-8-7-15(29(20,24)25)11-17(16)28-19(22)21-18(23)13-27-12-14-5-3-2-4-6-14/h2-8,11H,9-10,12-13H2,1H3,(H2,20,24,25). The molecule has 0 saturated heterocycles. The van der Waals surface area contributed by atoms with Crippen molar-refractivity contribution in [1.82, 2.24) is 4.57 Å². The molecule has 0 spiro atoms. The van der Waals surface area contributed by atoms with E-state index < -0.39 is 10.0 Å². The summed E-state index contributed by atoms with van der Waals surface area (Å²) in [6.07, 6.45) is 0. The Morgan fingerprint density at radius 3 is 2.69 bits per heavy atom. The fourth-order valence-corrected chi connectivity index (χ4v) is 5.18. The number of carbonyl (C=O) groups is 1. The molecule has 0 aliphatic heterocycles. The highest BCUT2D eigenvalue weighted by atomic mass is 32.2. The van der Waals surface area contributed by atoms with Crippen molar-refractivity contribution in [3.63, 3.8) is 0 Å². The summed E-state index contributed by atoms with van der Waals surface area (Å²) in [7, 11) is -2.21. The van der Waals surface area contributed by atoms with Crippen molar-refractivity contribution >= 4 is 49.2 Å². The van der Waals surface area contributed by atoms with Crippen LogP contribution in [-0.4, -0.2) is 38.4 Å². The molecule has 2 aromatic carbocycles. The van der Waals surface area contributed by atoms with Gasteiger partial charge in [0.05, 0.1) is 27.5 Å². The first-order valence-corrected chi connectivity index (χ1v) is 12.2. The molecule has 10 heteroatoms. The average Bonchev–Trinajstić information content (AvgIpc) is 3.02. The number of thioether (sulfide) groups is 1. The second kappa shape index (κ2) is 9.68. The van der Waals surface area contributed by atoms with E-state index in [4.69, 9.17) is 9.88 Å². The number of hydrogen-bond donors (Lipinski definition) is 1. The largest absolute Gasteiger partial charge is 0.383 e. The Labute approximate surface area is 177 Å². The number of benzene rings is 2. The van der Waals surface area contributed by atoms with Gasteiger partial charge >= 0.3 is 0 Å². The Morgan fingerprint density at radius 1 is 1.24 bits per heavy atom. The van der Waals surface area contributed by atoms with E-state index >= 15 is 0 Å². The molecule has 0 aliphatic carbocycles. The van der Waals surface area contributed by atoms with Gasteiger partial charge in [-0.25, -0.2) is 13.6 Å². The molecular weight excluding hydrogens is 430 g/mol. The molecule has 3 rings (SSSR count). The number of rotatable bonds is 8. The lowest BCUT2D eigenvalue weighted by molar-refractivity contribution is -0.115. The van der Waals surface area contributed by atoms with Gasteiger partial charge in [0.15, 0.2) is 4.80 Å². The monoisotopic (exact) mass is 451 g/mol. The third kappa shape index (κ3) is 5.77. The molecule has 1 heterocycles. The number of carbonyl (C=O) groups excluding carboxylic acids is 1. The fourth-order valence-electron chi connectivity index (χ4n) is 2.68. The predicted molar refractivity (Wildman–Crippen MR) is 116 cm³/mol. The molecule has 1 aromatic heterocycles. The Balaban J connectivity index is 1.86. The summed E-state index contributed by atoms with van der Waals surface area (Å²) >= 11 is 2.76. The Hall–Kier alpha value is -1.98. The summed E-state index contributed by atoms with van der Waals surface area (Å²) in [5.74, 6) is 0.751. The summed E-state index contributed by atoms with van der Waals surface area (Å²) < 4.78 is 31.0. The zero-order valence-electron chi connectivity index (χ0n) is 15.8. The zero-order valence-corrected chi connectivity index (χ0v) is 18.2. The van der Waals surface area contributed by atoms with Crippen molar-refractivity contribution < 1.29 is 17.9 Å². The number of thiazole rings is 1. The van der Waals surface area contributed by atoms with Gasteiger partial charge in [-0.05, 0) is 23.8 Å². The summed E-state index contributed by atoms with van der Waals surface area (Å²) in [5.41, 5.74) is 1.93. The molecule has 0 saturated carbocycles. The van der Waals surface area contributed by atoms with Crippen LogP contribution in [0.25, 0.3) is 10.2 Å². The molecule has 0 fully saturated rings. The molecular formula is C19H21N3O4S3. The number of nitrogens with zero attached hydrogens (tertiary/aromatic N) is 2. The van der Waals surface area contributed by atoms with E-state index in [0.717, 1.165) is 16.8 Å². The van der Waals surface area contributed by atoms with Crippen LogP contribution in [0.3, 0.4) is 0 Å². The van der Waals surface area contributed by atoms with Crippen molar-refractivity contribution in [3.05, 3.63) is 58.9 Å². The van der Waals surface area contributed by atoms with Crippen LogP contribution < -0.4 is 9.94 Å². The number of fused-ring (bicyclic) bond motifs is 1. The van der Waals surface area contributed by atoms with Crippen molar-refractivity contribution in [3.8, 4) is 0 Å². The topological polar surface area (TPSA) is 104 Å². The fraction of sp³-hybridized carbons (Fsp3) is 0.263. The maximum absolute atomic E-state index is 12.4. The van der Waals surface area contributed by atoms with Gasteiger partial charge in [0.25, 0.3) is 5.91 Å². The van der Waals surface area contributed by atoms with Gasteiger partial charge in [-0.3, -0.25) is 4.79 Å². The van der Waals surface area contributed by atoms with Gasteiger partial charge in [-0.1, -0.05) is 41.7 Å². The lowest BCUT2D eigenvalue weighted by Gasteiger charge is -2.05. The normalized spacial score (nSPS) is 12.6. The molecule has 7 nitrogen and oxygen atoms in total. The quantitative estimate of drug-likeness (QED) is 0.566. The number of hydrogen-bond acceptors (Lipinski definition) is 6. The third-order valence-corrected chi connectivity index (χ3v) is 7.00. The van der Waals surface area contributed by atoms with Crippen molar-refractivity contribution in [2.24, 2.45) is 10.1 Å². The number of amides is 1. The van der Waals surface area contributed by atoms with Crippen LogP contribution >= 0.6 is 23.1 Å². The van der Waals surface area contributed by atoms with Crippen LogP contribution in [0.15, 0.2) is 58.4 Å². The number of ether oxygens (including phenoxy) is 1. The van der Waals surface area contributed by atoms with Gasteiger partial charge in [0.1, 0.15) is 0 Å². The van der Waals surface area contributed by atoms with Gasteiger partial charge in [-0.2, -0.15) is 4.99 Å². The summed E-state index contributed by atoms with van der Waals surface area (Å²) in [6, 6.07) is 14.6. The van der Waals surface area contributed by atoms with Crippen molar-refractivity contribution in [2.45, 2.75) is 17.2 Å². The Bertz CT molecular complexity index is 1170. The molecule has 2 N–H and O–H groups in total. The molecule has 3 aromatic rings. The Kier molecular flexibility index (Phi) is 7.25. The summed E-state index contributed by atoms with van der Waals surface area (Å²) in [6.45, 7) is 0.932. The molecule has 0 radical (unpaired) electrons. The molecule has 1 amide bonds. The SMILES string of the molecule is COCCn1c(=NC(=O)CSCc2ccccc2)sc2cc(S(N)(=O)=O)ccc21. The number of aromatic nitrogens is 1. The van der Waals surface area contributed by atoms with Crippen LogP contribution in [0.5, 0.6) is 0 Å². The highest BCUT2D eigenvalue weighted by Gasteiger charge is 2.13. The summed E-state index contributed by atoms with van der Waals surface area (Å²) in [5, 5.41) is 5.23. The average molecular weight is 452 g/mol. The minimum Gasteiger partial charge on any atom is -0.383 e. The third-order valence-electron chi connectivity index (χ3n) is 4.06. The number of nitrogens with two attached hydrogens (primary N) is 1. The lowest BCUT2D eigenvalue weighted by Crippen LogP contribution is -2.19. The van der Waals surface area contributed by atoms with Crippen LogP contribution in [-0.2, 0) is 31.9 Å². The maximum Gasteiger partial charge on any atom is 0.258 e. The van der Waals surface area contributed by atoms with Crippen LogP contribution in [0.4, 0.5) is 0 Å². The van der Waals surface area contributed by atoms with E-state index in [0.29, 0.717) is 22.7 Å². The Morgan fingerprint density at radius 2 is 2.00 bits per heavy atom. The minimum atomic E-state index is -3.80. The molecule has 0 atom stereocenters. The van der Waals surface area contributed by atoms with E-state index in [1.54, 1.807) is 13.2 Å². The van der Waals surface area contributed by atoms with E-state index in [1.165, 1.54) is 35.2 Å². The number of sulfonamides is 1. The van der Waals surface area contributed by atoms with Crippen molar-refractivity contribution in [1.29, 1.82) is 0 Å². The van der Waals surface area contributed by atoms with Gasteiger partial charge in [0, 0.05) is 19.4 Å². The van der Waals surface area contributed by atoms with Crippen molar-refractivity contribution in [2.75, 3.05) is 19.5 Å². The maximum atomic E-state index is 12.4. The highest BCUT2D eigenvalue weighted by molar-refractivity contribution is 7.99. The molecule has 0 unspecified atom stereocenters. The zero-order chi connectivity index (χ0) is 20.9. The number of primary sulfonamides is 1. The van der Waals surface area contributed by atoms with Crippen LogP contribution in [0, 0.1) is 0 Å². The lowest BCUT2D eigenvalue weighted by atomic mass is 10.2. The highest BCUT2D eigenvalue weighted by Crippen LogP contribution is 2.21. The minimum absolute atomic E-state index is 0.0291. The first kappa shape index (κ1) is 21.7. The van der Waals surface area contributed by atoms with Crippen LogP contribution in [0.2, 0.25) is 0 Å². The first-order valence-electron chi connectivity index (χ1n) is 8.73. The molecule has 154 valence electrons. The first-order chi connectivity index (χ1) is 13.9. The van der Waals surface area contributed by atoms with Crippen LogP contribution in [0.1, 0.15) is 5.56 Å². The van der Waals surface area contributed by atoms with E-state index in [-0.39, 0.29) is 16.6 Å². The molecule has 0 aliphatic rings. The van der Waals surface area contributed by atoms with Gasteiger partial charge in [-0.15, -0.1) is 11.8 Å². The summed E-state index contributed by atoms with van der Waals surface area (Å²) in [4.78, 5) is 17.2. The molecule has 29 heavy (non-hydrogen) atoms. The number of methoxy groups -OCH3 is 1. The van der Waals surface area contributed by atoms with E-state index in [9.17, 15) is 13.2 Å². The van der Waals surface area contributed by atoms with Gasteiger partial charge < -0.3 is 9.30 Å². The second-order valence-corrected chi connectivity index (χ2v) is 9.74. The van der Waals surface area contributed by atoms with E-state index in [2.05, 4.69) is 4.99 Å². The van der Waals surface area contributed by atoms with Gasteiger partial charge in [0.2, 0.25) is 10.0 Å².